The Kier molecular flexibility index (Phi) is 3.45. The maximum atomic E-state index is 5.32. The normalized spacial score (nSPS) is 19.9. The number of thiophene rings is 1. The Labute approximate surface area is 111 Å². The molecule has 0 bridgehead atoms. The highest BCUT2D eigenvalue weighted by Gasteiger charge is 2.24. The van der Waals surface area contributed by atoms with Crippen molar-refractivity contribution in [3.8, 4) is 0 Å². The molecule has 0 N–H and O–H groups in total. The summed E-state index contributed by atoms with van der Waals surface area (Å²) in [5.41, 5.74) is 2.67. The summed E-state index contributed by atoms with van der Waals surface area (Å²) in [5, 5.41) is 4.35. The number of aromatic nitrogens is 2. The van der Waals surface area contributed by atoms with Crippen LogP contribution in [0.3, 0.4) is 0 Å². The van der Waals surface area contributed by atoms with Gasteiger partial charge in [-0.25, -0.2) is 4.98 Å². The summed E-state index contributed by atoms with van der Waals surface area (Å²) in [5.74, 6) is 0. The third kappa shape index (κ3) is 2.34. The average Bonchev–Trinajstić information content (AvgIpc) is 3.00. The zero-order valence-corrected chi connectivity index (χ0v) is 11.3. The number of hydrogen-bond donors (Lipinski definition) is 0. The smallest absolute Gasteiger partial charge is 0.0952 e. The first-order chi connectivity index (χ1) is 8.86. The quantitative estimate of drug-likeness (QED) is 0.846. The second kappa shape index (κ2) is 5.22. The van der Waals surface area contributed by atoms with Crippen LogP contribution < -0.4 is 0 Å². The molecule has 0 aromatic carbocycles. The molecule has 3 heterocycles. The Bertz CT molecular complexity index is 494. The lowest BCUT2D eigenvalue weighted by molar-refractivity contribution is 0.0984. The molecule has 0 radical (unpaired) electrons. The second-order valence-corrected chi connectivity index (χ2v) is 5.48. The number of rotatable bonds is 4. The Morgan fingerprint density at radius 2 is 2.50 bits per heavy atom. The van der Waals surface area contributed by atoms with Gasteiger partial charge in [0.1, 0.15) is 0 Å². The van der Waals surface area contributed by atoms with Crippen LogP contribution in [0.5, 0.6) is 0 Å². The van der Waals surface area contributed by atoms with Crippen molar-refractivity contribution in [2.45, 2.75) is 19.1 Å². The van der Waals surface area contributed by atoms with Gasteiger partial charge in [0.25, 0.3) is 0 Å². The molecule has 4 nitrogen and oxygen atoms in total. The van der Waals surface area contributed by atoms with Crippen molar-refractivity contribution >= 4 is 11.3 Å². The van der Waals surface area contributed by atoms with Crippen molar-refractivity contribution in [1.82, 2.24) is 14.5 Å². The van der Waals surface area contributed by atoms with Crippen LogP contribution in [0.2, 0.25) is 0 Å². The fourth-order valence-electron chi connectivity index (χ4n) is 2.55. The maximum absolute atomic E-state index is 5.32. The van der Waals surface area contributed by atoms with Crippen molar-refractivity contribution < 1.29 is 4.74 Å². The van der Waals surface area contributed by atoms with Gasteiger partial charge >= 0.3 is 0 Å². The third-order valence-corrected chi connectivity index (χ3v) is 4.07. The van der Waals surface area contributed by atoms with E-state index in [9.17, 15) is 0 Å². The molecule has 2 aromatic heterocycles. The van der Waals surface area contributed by atoms with Gasteiger partial charge in [-0.3, -0.25) is 4.90 Å². The summed E-state index contributed by atoms with van der Waals surface area (Å²) < 4.78 is 7.56. The van der Waals surface area contributed by atoms with E-state index in [-0.39, 0.29) is 0 Å². The standard InChI is InChI=1S/C13H17N3OS/c1-17-8-13-7-15(5-11-2-3-18-9-11)6-12-4-14-10-16(12)13/h2-4,9-10,13H,5-8H2,1H3/t13-/m0/s1. The molecule has 1 aliphatic heterocycles. The molecule has 0 saturated carbocycles. The van der Waals surface area contributed by atoms with Crippen LogP contribution in [-0.2, 0) is 17.8 Å². The number of nitrogens with zero attached hydrogens (tertiary/aromatic N) is 3. The fourth-order valence-corrected chi connectivity index (χ4v) is 3.21. The van der Waals surface area contributed by atoms with Crippen LogP contribution in [0.15, 0.2) is 29.4 Å². The van der Waals surface area contributed by atoms with Gasteiger partial charge < -0.3 is 9.30 Å². The van der Waals surface area contributed by atoms with Crippen molar-refractivity contribution in [3.05, 3.63) is 40.6 Å². The Balaban J connectivity index is 1.76. The second-order valence-electron chi connectivity index (χ2n) is 4.70. The maximum Gasteiger partial charge on any atom is 0.0952 e. The first kappa shape index (κ1) is 11.9. The number of imidazole rings is 1. The third-order valence-electron chi connectivity index (χ3n) is 3.34. The van der Waals surface area contributed by atoms with E-state index in [0.717, 1.165) is 26.2 Å². The van der Waals surface area contributed by atoms with Crippen molar-refractivity contribution in [3.63, 3.8) is 0 Å². The molecule has 96 valence electrons. The van der Waals surface area contributed by atoms with E-state index in [1.165, 1.54) is 11.3 Å². The van der Waals surface area contributed by atoms with Gasteiger partial charge in [-0.15, -0.1) is 0 Å². The predicted molar refractivity (Wildman–Crippen MR) is 71.6 cm³/mol. The number of methoxy groups -OCH3 is 1. The van der Waals surface area contributed by atoms with Gasteiger partial charge in [-0.05, 0) is 22.4 Å². The molecule has 18 heavy (non-hydrogen) atoms. The summed E-state index contributed by atoms with van der Waals surface area (Å²) in [4.78, 5) is 6.71. The SMILES string of the molecule is COC[C@@H]1CN(Cc2ccsc2)Cc2cncn21. The van der Waals surface area contributed by atoms with Gasteiger partial charge in [0, 0.05) is 32.9 Å². The summed E-state index contributed by atoms with van der Waals surface area (Å²) in [6, 6.07) is 2.57. The summed E-state index contributed by atoms with van der Waals surface area (Å²) >= 11 is 1.76. The summed E-state index contributed by atoms with van der Waals surface area (Å²) in [6.07, 6.45) is 3.88. The van der Waals surface area contributed by atoms with Gasteiger partial charge in [0.2, 0.25) is 0 Å². The van der Waals surface area contributed by atoms with E-state index in [4.69, 9.17) is 4.74 Å². The van der Waals surface area contributed by atoms with E-state index in [2.05, 4.69) is 31.3 Å². The number of hydrogen-bond acceptors (Lipinski definition) is 4. The van der Waals surface area contributed by atoms with E-state index < -0.39 is 0 Å². The van der Waals surface area contributed by atoms with Crippen LogP contribution in [0.1, 0.15) is 17.3 Å². The molecule has 0 fully saturated rings. The highest BCUT2D eigenvalue weighted by Crippen LogP contribution is 2.23. The Hall–Kier alpha value is -1.17. The van der Waals surface area contributed by atoms with Crippen LogP contribution in [0.4, 0.5) is 0 Å². The minimum Gasteiger partial charge on any atom is -0.382 e. The fraction of sp³-hybridized carbons (Fsp3) is 0.462. The monoisotopic (exact) mass is 263 g/mol. The predicted octanol–water partition coefficient (Wildman–Crippen LogP) is 2.15. The molecule has 5 heteroatoms. The lowest BCUT2D eigenvalue weighted by Crippen LogP contribution is -2.38. The van der Waals surface area contributed by atoms with Crippen LogP contribution >= 0.6 is 11.3 Å². The number of ether oxygens (including phenoxy) is 1. The molecule has 0 saturated heterocycles. The van der Waals surface area contributed by atoms with Crippen LogP contribution in [0.25, 0.3) is 0 Å². The molecule has 3 rings (SSSR count). The van der Waals surface area contributed by atoms with Gasteiger partial charge in [0.15, 0.2) is 0 Å². The van der Waals surface area contributed by atoms with Gasteiger partial charge in [-0.1, -0.05) is 0 Å². The van der Waals surface area contributed by atoms with Gasteiger partial charge in [0.05, 0.1) is 24.7 Å². The van der Waals surface area contributed by atoms with E-state index in [0.29, 0.717) is 6.04 Å². The largest absolute Gasteiger partial charge is 0.382 e. The van der Waals surface area contributed by atoms with E-state index in [1.807, 2.05) is 12.5 Å². The zero-order chi connectivity index (χ0) is 12.4. The van der Waals surface area contributed by atoms with Crippen LogP contribution in [-0.4, -0.2) is 34.7 Å². The molecule has 0 spiro atoms. The Morgan fingerprint density at radius 3 is 3.28 bits per heavy atom. The molecule has 0 aliphatic carbocycles. The summed E-state index contributed by atoms with van der Waals surface area (Å²) in [7, 11) is 1.76. The lowest BCUT2D eigenvalue weighted by atomic mass is 10.2. The highest BCUT2D eigenvalue weighted by molar-refractivity contribution is 7.07. The number of fused-ring (bicyclic) bond motifs is 1. The minimum atomic E-state index is 0.375. The zero-order valence-electron chi connectivity index (χ0n) is 10.5. The van der Waals surface area contributed by atoms with Crippen LogP contribution in [0, 0.1) is 0 Å². The molecule has 0 unspecified atom stereocenters. The van der Waals surface area contributed by atoms with Crippen molar-refractivity contribution in [1.29, 1.82) is 0 Å². The van der Waals surface area contributed by atoms with E-state index in [1.54, 1.807) is 18.4 Å². The minimum absolute atomic E-state index is 0.375. The van der Waals surface area contributed by atoms with Gasteiger partial charge in [-0.2, -0.15) is 11.3 Å². The van der Waals surface area contributed by atoms with Crippen molar-refractivity contribution in [2.24, 2.45) is 0 Å². The molecular formula is C13H17N3OS. The summed E-state index contributed by atoms with van der Waals surface area (Å²) in [6.45, 7) is 3.74. The first-order valence-corrected chi connectivity index (χ1v) is 7.04. The average molecular weight is 263 g/mol. The van der Waals surface area contributed by atoms with Crippen molar-refractivity contribution in [2.75, 3.05) is 20.3 Å². The highest BCUT2D eigenvalue weighted by atomic mass is 32.1. The molecule has 0 amide bonds. The molecule has 1 atom stereocenters. The topological polar surface area (TPSA) is 30.3 Å². The molecular weight excluding hydrogens is 246 g/mol. The van der Waals surface area contributed by atoms with E-state index >= 15 is 0 Å². The Morgan fingerprint density at radius 1 is 1.56 bits per heavy atom. The molecule has 2 aromatic rings. The lowest BCUT2D eigenvalue weighted by Gasteiger charge is -2.34. The molecule has 1 aliphatic rings. The first-order valence-electron chi connectivity index (χ1n) is 6.10.